The summed E-state index contributed by atoms with van der Waals surface area (Å²) >= 11 is 0. The monoisotopic (exact) mass is 634 g/mol. The first-order valence-corrected chi connectivity index (χ1v) is 14.9. The minimum atomic E-state index is -0.265. The maximum Gasteiger partial charge on any atom is 2.00 e. The second-order valence-corrected chi connectivity index (χ2v) is 10.5. The maximum atomic E-state index is 12.5. The Bertz CT molecular complexity index is 1530. The van der Waals surface area contributed by atoms with Gasteiger partial charge in [0.15, 0.2) is 0 Å². The summed E-state index contributed by atoms with van der Waals surface area (Å²) in [7, 11) is 1.61. The van der Waals surface area contributed by atoms with Gasteiger partial charge in [0, 0.05) is 25.2 Å². The van der Waals surface area contributed by atoms with E-state index in [9.17, 15) is 15.0 Å². The molecular formula is C34H42N4O4Zn. The number of carbonyl (C=O) groups excluding carboxylic acids is 1. The molecule has 0 atom stereocenters. The summed E-state index contributed by atoms with van der Waals surface area (Å²) in [5, 5.41) is 23.3. The zero-order chi connectivity index (χ0) is 30.6. The van der Waals surface area contributed by atoms with Gasteiger partial charge in [-0.2, -0.15) is 0 Å². The zero-order valence-corrected chi connectivity index (χ0v) is 29.6. The Labute approximate surface area is 268 Å². The second kappa shape index (κ2) is 15.0. The van der Waals surface area contributed by atoms with Crippen molar-refractivity contribution in [2.45, 2.75) is 80.1 Å². The van der Waals surface area contributed by atoms with Crippen molar-refractivity contribution in [2.24, 2.45) is 9.98 Å². The number of hydrogen-bond donors (Lipinski definition) is 2. The van der Waals surface area contributed by atoms with Crippen LogP contribution in [0.1, 0.15) is 89.2 Å². The largest absolute Gasteiger partial charge is 2.00 e. The molecule has 0 bridgehead atoms. The van der Waals surface area contributed by atoms with Crippen LogP contribution >= 0.6 is 0 Å². The van der Waals surface area contributed by atoms with Gasteiger partial charge in [-0.15, -0.1) is 17.1 Å². The van der Waals surface area contributed by atoms with Gasteiger partial charge in [-0.25, -0.2) is 9.98 Å². The van der Waals surface area contributed by atoms with E-state index in [1.807, 2.05) is 19.1 Å². The van der Waals surface area contributed by atoms with Crippen LogP contribution in [0.15, 0.2) is 66.6 Å². The molecule has 0 aliphatic carbocycles. The molecule has 3 aliphatic heterocycles. The molecule has 0 fully saturated rings. The molecule has 43 heavy (non-hydrogen) atoms. The quantitative estimate of drug-likeness (QED) is 0.272. The van der Waals surface area contributed by atoms with Crippen LogP contribution in [0.3, 0.4) is 0 Å². The average Bonchev–Trinajstić information content (AvgIpc) is 3.66. The maximum absolute atomic E-state index is 12.5. The smallest absolute Gasteiger partial charge is 0.657 e. The Morgan fingerprint density at radius 2 is 1.37 bits per heavy atom. The van der Waals surface area contributed by atoms with Crippen molar-refractivity contribution in [3.05, 3.63) is 84.4 Å². The fourth-order valence-electron chi connectivity index (χ4n) is 6.05. The second-order valence-electron chi connectivity index (χ2n) is 10.5. The molecular weight excluding hydrogens is 594 g/mol. The summed E-state index contributed by atoms with van der Waals surface area (Å²) in [5.41, 5.74) is 12.9. The average molecular weight is 636 g/mol. The van der Waals surface area contributed by atoms with E-state index in [-0.39, 0.29) is 38.6 Å². The summed E-state index contributed by atoms with van der Waals surface area (Å²) in [4.78, 5) is 27.3. The number of aromatic nitrogens is 1. The molecule has 3 aliphatic rings. The Kier molecular flexibility index (Phi) is 12.0. The summed E-state index contributed by atoms with van der Waals surface area (Å²) in [6.07, 6.45) is 9.88. The van der Waals surface area contributed by atoms with Gasteiger partial charge in [-0.3, -0.25) is 0 Å². The van der Waals surface area contributed by atoms with Crippen molar-refractivity contribution in [1.29, 1.82) is 0 Å². The number of aliphatic imine (C=N–C) groups is 2. The molecule has 0 radical (unpaired) electrons. The van der Waals surface area contributed by atoms with Gasteiger partial charge in [-0.05, 0) is 68.2 Å². The molecule has 0 aromatic carbocycles. The van der Waals surface area contributed by atoms with Crippen molar-refractivity contribution >= 4 is 29.7 Å². The first-order chi connectivity index (χ1) is 20.3. The fourth-order valence-corrected chi connectivity index (χ4v) is 6.05. The number of carbonyl (C=O) groups is 1. The normalized spacial score (nSPS) is 19.7. The van der Waals surface area contributed by atoms with Crippen molar-refractivity contribution < 1.29 is 39.2 Å². The van der Waals surface area contributed by atoms with Gasteiger partial charge >= 0.3 is 19.5 Å². The minimum absolute atomic E-state index is 0. The summed E-state index contributed by atoms with van der Waals surface area (Å²) in [6.45, 7) is 12.4. The molecule has 1 aromatic rings. The van der Waals surface area contributed by atoms with Crippen LogP contribution in [0.5, 0.6) is 0 Å². The summed E-state index contributed by atoms with van der Waals surface area (Å²) < 4.78 is 5.52. The number of amides is 1. The minimum Gasteiger partial charge on any atom is -0.657 e. The Morgan fingerprint density at radius 3 is 1.95 bits per heavy atom. The van der Waals surface area contributed by atoms with Crippen LogP contribution in [0.25, 0.3) is 17.5 Å². The van der Waals surface area contributed by atoms with Crippen molar-refractivity contribution in [1.82, 2.24) is 4.98 Å². The fraction of sp³-hybridized carbons (Fsp3) is 0.441. The molecule has 0 unspecified atom stereocenters. The van der Waals surface area contributed by atoms with Gasteiger partial charge in [0.05, 0.1) is 30.1 Å². The van der Waals surface area contributed by atoms with Crippen LogP contribution in [-0.2, 0) is 35.4 Å². The predicted octanol–water partition coefficient (Wildman–Crippen LogP) is 6.41. The van der Waals surface area contributed by atoms with E-state index in [2.05, 4.69) is 46.0 Å². The summed E-state index contributed by atoms with van der Waals surface area (Å²) in [6, 6.07) is 0. The third kappa shape index (κ3) is 6.69. The van der Waals surface area contributed by atoms with E-state index >= 15 is 0 Å². The molecule has 9 heteroatoms. The number of methoxy groups -OCH3 is 1. The molecule has 224 valence electrons. The van der Waals surface area contributed by atoms with E-state index in [1.54, 1.807) is 7.11 Å². The van der Waals surface area contributed by atoms with Crippen LogP contribution in [-0.4, -0.2) is 48.1 Å². The SMILES string of the molecule is CCC1=C(C)C(/C=C2\[N-]C(=O)C(CCO)=C2CC)=NC/1=C\c1[n-]c(/C=C2\N=C(OC)C(CCO)=C2CC)c(C)c1CC.[Zn+2]. The van der Waals surface area contributed by atoms with Crippen LogP contribution in [0, 0.1) is 6.92 Å². The molecule has 0 spiro atoms. The number of nitrogens with zero attached hydrogens (tertiary/aromatic N) is 4. The number of aliphatic hydroxyl groups excluding tert-OH is 2. The number of aliphatic hydroxyl groups is 2. The summed E-state index contributed by atoms with van der Waals surface area (Å²) in [5.74, 6) is 0.295. The van der Waals surface area contributed by atoms with E-state index in [1.165, 1.54) is 0 Å². The van der Waals surface area contributed by atoms with Gasteiger partial charge in [0.1, 0.15) is 0 Å². The Morgan fingerprint density at radius 1 is 0.767 bits per heavy atom. The molecule has 1 amide bonds. The van der Waals surface area contributed by atoms with Crippen LogP contribution < -0.4 is 4.98 Å². The standard InChI is InChI=1S/C34H43N4O4.Zn/c1-8-21-19(5)27(16-31-23(10-3)25(12-14-39)33(41)37-31)35-29(21)18-30-22(9-2)20(6)28(36-30)17-32-24(11-4)26(13-15-40)34(38-32)42-7;/h16-18,39-40H,8-15H2,1-7H3,(H-,35,36,37,38,41);/q-1;+2/p-1. The van der Waals surface area contributed by atoms with Gasteiger partial charge in [-0.1, -0.05) is 62.6 Å². The predicted molar refractivity (Wildman–Crippen MR) is 169 cm³/mol. The van der Waals surface area contributed by atoms with Gasteiger partial charge < -0.3 is 30.0 Å². The first-order valence-electron chi connectivity index (χ1n) is 14.9. The van der Waals surface area contributed by atoms with Crippen LogP contribution in [0.2, 0.25) is 0 Å². The first kappa shape index (κ1) is 34.4. The van der Waals surface area contributed by atoms with E-state index < -0.39 is 0 Å². The molecule has 0 saturated carbocycles. The van der Waals surface area contributed by atoms with Gasteiger partial charge in [0.2, 0.25) is 5.90 Å². The Hall–Kier alpha value is -3.13. The number of allylic oxidation sites excluding steroid dienone is 5. The molecule has 4 heterocycles. The molecule has 4 rings (SSSR count). The topological polar surface area (TPSA) is 120 Å². The third-order valence-corrected chi connectivity index (χ3v) is 8.23. The zero-order valence-electron chi connectivity index (χ0n) is 26.6. The third-order valence-electron chi connectivity index (χ3n) is 8.23. The van der Waals surface area contributed by atoms with Crippen molar-refractivity contribution in [3.8, 4) is 0 Å². The molecule has 0 saturated heterocycles. The van der Waals surface area contributed by atoms with E-state index in [4.69, 9.17) is 19.7 Å². The Balaban J connectivity index is 0.00000506. The number of ether oxygens (including phenoxy) is 1. The van der Waals surface area contributed by atoms with Crippen molar-refractivity contribution in [2.75, 3.05) is 20.3 Å². The number of hydrogen-bond acceptors (Lipinski definition) is 6. The number of rotatable bonds is 11. The van der Waals surface area contributed by atoms with Crippen LogP contribution in [0.4, 0.5) is 0 Å². The van der Waals surface area contributed by atoms with Gasteiger partial charge in [0.25, 0.3) is 0 Å². The molecule has 2 N–H and O–H groups in total. The van der Waals surface area contributed by atoms with Crippen molar-refractivity contribution in [3.63, 3.8) is 0 Å². The van der Waals surface area contributed by atoms with E-state index in [0.717, 1.165) is 86.7 Å². The van der Waals surface area contributed by atoms with E-state index in [0.29, 0.717) is 36.4 Å². The molecule has 1 aromatic heterocycles. The molecule has 8 nitrogen and oxygen atoms in total.